The van der Waals surface area contributed by atoms with Gasteiger partial charge in [-0.1, -0.05) is 15.9 Å². The standard InChI is InChI=1S/C18H22BrNO4/c1-22-11-13-5-6-17(24-13)15-4-3-7-20(15)10-12-8-16(21)18(23-2)9-14(12)19/h5-6,8-9,15,21H,3-4,7,10-11H2,1-2H3/t15-/m1/s1. The number of phenolic OH excluding ortho intramolecular Hbond substituents is 1. The monoisotopic (exact) mass is 395 g/mol. The SMILES string of the molecule is COCc1ccc([C@H]2CCCN2Cc2cc(O)c(OC)cc2Br)o1. The molecule has 130 valence electrons. The molecule has 0 amide bonds. The maximum Gasteiger partial charge on any atom is 0.161 e. The summed E-state index contributed by atoms with van der Waals surface area (Å²) in [5.74, 6) is 2.46. The first-order valence-electron chi connectivity index (χ1n) is 7.99. The molecule has 1 saturated heterocycles. The van der Waals surface area contributed by atoms with Gasteiger partial charge in [0.2, 0.25) is 0 Å². The van der Waals surface area contributed by atoms with Crippen LogP contribution in [0.15, 0.2) is 33.2 Å². The number of methoxy groups -OCH3 is 2. The van der Waals surface area contributed by atoms with Crippen molar-refractivity contribution in [3.05, 3.63) is 45.8 Å². The van der Waals surface area contributed by atoms with Crippen LogP contribution >= 0.6 is 15.9 Å². The summed E-state index contributed by atoms with van der Waals surface area (Å²) >= 11 is 3.57. The Labute approximate surface area is 150 Å². The number of hydrogen-bond acceptors (Lipinski definition) is 5. The predicted octanol–water partition coefficient (Wildman–Crippen LogP) is 4.24. The minimum Gasteiger partial charge on any atom is -0.504 e. The van der Waals surface area contributed by atoms with Crippen LogP contribution in [-0.4, -0.2) is 30.8 Å². The first-order chi connectivity index (χ1) is 11.6. The van der Waals surface area contributed by atoms with Crippen molar-refractivity contribution in [1.29, 1.82) is 0 Å². The van der Waals surface area contributed by atoms with E-state index < -0.39 is 0 Å². The van der Waals surface area contributed by atoms with Crippen molar-refractivity contribution in [2.45, 2.75) is 32.0 Å². The molecule has 0 radical (unpaired) electrons. The molecule has 0 unspecified atom stereocenters. The summed E-state index contributed by atoms with van der Waals surface area (Å²) in [6, 6.07) is 7.84. The molecule has 1 N–H and O–H groups in total. The van der Waals surface area contributed by atoms with E-state index in [4.69, 9.17) is 13.9 Å². The highest BCUT2D eigenvalue weighted by Crippen LogP contribution is 2.38. The van der Waals surface area contributed by atoms with E-state index in [0.717, 1.165) is 47.5 Å². The van der Waals surface area contributed by atoms with Gasteiger partial charge < -0.3 is 19.0 Å². The lowest BCUT2D eigenvalue weighted by atomic mass is 10.1. The van der Waals surface area contributed by atoms with Gasteiger partial charge in [0.1, 0.15) is 18.1 Å². The number of rotatable bonds is 6. The molecule has 0 bridgehead atoms. The van der Waals surface area contributed by atoms with Crippen molar-refractivity contribution in [2.24, 2.45) is 0 Å². The molecular formula is C18H22BrNO4. The van der Waals surface area contributed by atoms with Crippen molar-refractivity contribution in [3.8, 4) is 11.5 Å². The molecule has 0 aliphatic carbocycles. The molecule has 2 aromatic rings. The van der Waals surface area contributed by atoms with E-state index in [9.17, 15) is 5.11 Å². The van der Waals surface area contributed by atoms with E-state index in [2.05, 4.69) is 20.8 Å². The zero-order valence-electron chi connectivity index (χ0n) is 13.9. The Balaban J connectivity index is 1.77. The van der Waals surface area contributed by atoms with Crippen LogP contribution in [0.4, 0.5) is 0 Å². The second-order valence-electron chi connectivity index (χ2n) is 5.98. The molecule has 24 heavy (non-hydrogen) atoms. The molecule has 1 aliphatic rings. The van der Waals surface area contributed by atoms with E-state index in [1.54, 1.807) is 26.4 Å². The summed E-state index contributed by atoms with van der Waals surface area (Å²) < 4.78 is 17.1. The van der Waals surface area contributed by atoms with Crippen LogP contribution in [0.25, 0.3) is 0 Å². The van der Waals surface area contributed by atoms with Crippen LogP contribution in [0.3, 0.4) is 0 Å². The number of nitrogens with zero attached hydrogens (tertiary/aromatic N) is 1. The topological polar surface area (TPSA) is 55.1 Å². The van der Waals surface area contributed by atoms with E-state index in [1.165, 1.54) is 0 Å². The van der Waals surface area contributed by atoms with Crippen LogP contribution in [0.5, 0.6) is 11.5 Å². The zero-order chi connectivity index (χ0) is 17.1. The van der Waals surface area contributed by atoms with Gasteiger partial charge in [0.05, 0.1) is 13.2 Å². The third-order valence-corrected chi connectivity index (χ3v) is 5.12. The highest BCUT2D eigenvalue weighted by atomic mass is 79.9. The Morgan fingerprint density at radius 2 is 2.17 bits per heavy atom. The molecule has 1 fully saturated rings. The minimum absolute atomic E-state index is 0.159. The van der Waals surface area contributed by atoms with Crippen LogP contribution in [-0.2, 0) is 17.9 Å². The summed E-state index contributed by atoms with van der Waals surface area (Å²) in [4.78, 5) is 2.38. The van der Waals surface area contributed by atoms with E-state index in [1.807, 2.05) is 12.1 Å². The Morgan fingerprint density at radius 3 is 2.92 bits per heavy atom. The normalized spacial score (nSPS) is 18.2. The van der Waals surface area contributed by atoms with Crippen molar-refractivity contribution in [3.63, 3.8) is 0 Å². The average Bonchev–Trinajstić information content (AvgIpc) is 3.20. The quantitative estimate of drug-likeness (QED) is 0.792. The number of halogens is 1. The van der Waals surface area contributed by atoms with Gasteiger partial charge in [0, 0.05) is 18.1 Å². The highest BCUT2D eigenvalue weighted by molar-refractivity contribution is 9.10. The van der Waals surface area contributed by atoms with Crippen molar-refractivity contribution in [1.82, 2.24) is 4.90 Å². The largest absolute Gasteiger partial charge is 0.504 e. The number of ether oxygens (including phenoxy) is 2. The smallest absolute Gasteiger partial charge is 0.161 e. The molecule has 0 saturated carbocycles. The maximum absolute atomic E-state index is 10.0. The summed E-state index contributed by atoms with van der Waals surface area (Å²) in [6.07, 6.45) is 2.20. The molecule has 0 spiro atoms. The first-order valence-corrected chi connectivity index (χ1v) is 8.78. The summed E-state index contributed by atoms with van der Waals surface area (Å²) in [5.41, 5.74) is 1.03. The van der Waals surface area contributed by atoms with Crippen molar-refractivity contribution < 1.29 is 19.0 Å². The van der Waals surface area contributed by atoms with Gasteiger partial charge in [-0.25, -0.2) is 0 Å². The molecule has 5 nitrogen and oxygen atoms in total. The fourth-order valence-corrected chi connectivity index (χ4v) is 3.67. The fourth-order valence-electron chi connectivity index (χ4n) is 3.22. The number of aromatic hydroxyl groups is 1. The van der Waals surface area contributed by atoms with Gasteiger partial charge in [0.15, 0.2) is 11.5 Å². The Kier molecular flexibility index (Phi) is 5.48. The van der Waals surface area contributed by atoms with Crippen molar-refractivity contribution >= 4 is 15.9 Å². The number of hydrogen-bond donors (Lipinski definition) is 1. The van der Waals surface area contributed by atoms with E-state index in [0.29, 0.717) is 12.4 Å². The van der Waals surface area contributed by atoms with Crippen LogP contribution in [0.1, 0.15) is 36.0 Å². The minimum atomic E-state index is 0.159. The fraction of sp³-hybridized carbons (Fsp3) is 0.444. The highest BCUT2D eigenvalue weighted by Gasteiger charge is 2.29. The molecule has 6 heteroatoms. The van der Waals surface area contributed by atoms with E-state index in [-0.39, 0.29) is 11.8 Å². The molecule has 1 aromatic heterocycles. The maximum atomic E-state index is 10.0. The van der Waals surface area contributed by atoms with Crippen LogP contribution in [0.2, 0.25) is 0 Å². The molecule has 2 heterocycles. The first kappa shape index (κ1) is 17.3. The lowest BCUT2D eigenvalue weighted by Gasteiger charge is -2.23. The lowest BCUT2D eigenvalue weighted by molar-refractivity contribution is 0.155. The van der Waals surface area contributed by atoms with Gasteiger partial charge in [-0.15, -0.1) is 0 Å². The molecule has 3 rings (SSSR count). The summed E-state index contributed by atoms with van der Waals surface area (Å²) in [7, 11) is 3.21. The number of phenols is 1. The Hall–Kier alpha value is -1.50. The summed E-state index contributed by atoms with van der Waals surface area (Å²) in [6.45, 7) is 2.23. The number of likely N-dealkylation sites (tertiary alicyclic amines) is 1. The second-order valence-corrected chi connectivity index (χ2v) is 6.84. The van der Waals surface area contributed by atoms with Crippen LogP contribution < -0.4 is 4.74 Å². The van der Waals surface area contributed by atoms with Gasteiger partial charge in [-0.3, -0.25) is 4.90 Å². The number of benzene rings is 1. The second kappa shape index (κ2) is 7.59. The summed E-state index contributed by atoms with van der Waals surface area (Å²) in [5, 5.41) is 10.0. The van der Waals surface area contributed by atoms with Crippen LogP contribution in [0, 0.1) is 0 Å². The van der Waals surface area contributed by atoms with Crippen molar-refractivity contribution in [2.75, 3.05) is 20.8 Å². The van der Waals surface area contributed by atoms with Gasteiger partial charge in [-0.05, 0) is 49.2 Å². The van der Waals surface area contributed by atoms with E-state index >= 15 is 0 Å². The Bertz CT molecular complexity index is 700. The molecule has 1 atom stereocenters. The number of furan rings is 1. The Morgan fingerprint density at radius 1 is 1.33 bits per heavy atom. The van der Waals surface area contributed by atoms with Gasteiger partial charge in [-0.2, -0.15) is 0 Å². The predicted molar refractivity (Wildman–Crippen MR) is 94.2 cm³/mol. The third-order valence-electron chi connectivity index (χ3n) is 4.38. The van der Waals surface area contributed by atoms with Gasteiger partial charge in [0.25, 0.3) is 0 Å². The third kappa shape index (κ3) is 3.61. The average molecular weight is 396 g/mol. The zero-order valence-corrected chi connectivity index (χ0v) is 15.5. The molecular weight excluding hydrogens is 374 g/mol. The lowest BCUT2D eigenvalue weighted by Crippen LogP contribution is -2.22. The molecule has 1 aromatic carbocycles. The van der Waals surface area contributed by atoms with Gasteiger partial charge >= 0.3 is 0 Å². The molecule has 1 aliphatic heterocycles.